The van der Waals surface area contributed by atoms with Crippen molar-refractivity contribution in [2.45, 2.75) is 20.0 Å². The molecule has 0 bridgehead atoms. The van der Waals surface area contributed by atoms with Gasteiger partial charge in [-0.25, -0.2) is 0 Å². The first kappa shape index (κ1) is 12.3. The van der Waals surface area contributed by atoms with Crippen molar-refractivity contribution in [1.82, 2.24) is 4.98 Å². The van der Waals surface area contributed by atoms with E-state index in [9.17, 15) is 4.79 Å². The third-order valence-corrected chi connectivity index (χ3v) is 2.65. The van der Waals surface area contributed by atoms with Crippen LogP contribution in [-0.4, -0.2) is 10.8 Å². The molecule has 3 heteroatoms. The first-order valence-electron chi connectivity index (χ1n) is 5.95. The number of ketones is 1. The Morgan fingerprint density at radius 2 is 1.89 bits per heavy atom. The van der Waals surface area contributed by atoms with Gasteiger partial charge in [0.15, 0.2) is 5.78 Å². The minimum Gasteiger partial charge on any atom is -0.488 e. The zero-order valence-corrected chi connectivity index (χ0v) is 10.3. The van der Waals surface area contributed by atoms with Gasteiger partial charge in [0.05, 0.1) is 5.56 Å². The minimum absolute atomic E-state index is 0.0975. The van der Waals surface area contributed by atoms with Gasteiger partial charge in [-0.05, 0) is 29.8 Å². The van der Waals surface area contributed by atoms with E-state index in [2.05, 4.69) is 4.98 Å². The van der Waals surface area contributed by atoms with Crippen molar-refractivity contribution in [1.29, 1.82) is 0 Å². The van der Waals surface area contributed by atoms with Gasteiger partial charge in [-0.15, -0.1) is 0 Å². The van der Waals surface area contributed by atoms with Crippen molar-refractivity contribution in [3.8, 4) is 5.75 Å². The topological polar surface area (TPSA) is 39.2 Å². The molecule has 1 heterocycles. The van der Waals surface area contributed by atoms with E-state index in [1.165, 1.54) is 0 Å². The fourth-order valence-electron chi connectivity index (χ4n) is 1.65. The van der Waals surface area contributed by atoms with Gasteiger partial charge in [0.1, 0.15) is 12.4 Å². The average Bonchev–Trinajstić information content (AvgIpc) is 2.45. The summed E-state index contributed by atoms with van der Waals surface area (Å²) in [6.07, 6.45) is 3.93. The molecule has 0 N–H and O–H groups in total. The van der Waals surface area contributed by atoms with Gasteiger partial charge < -0.3 is 4.74 Å². The van der Waals surface area contributed by atoms with E-state index >= 15 is 0 Å². The maximum Gasteiger partial charge on any atom is 0.166 e. The molecule has 1 aromatic heterocycles. The van der Waals surface area contributed by atoms with Gasteiger partial charge in [-0.3, -0.25) is 9.78 Å². The van der Waals surface area contributed by atoms with Crippen molar-refractivity contribution < 1.29 is 9.53 Å². The standard InChI is InChI=1S/C15H15NO2/c1-2-14(17)13-5-3-4-6-15(13)18-11-12-7-9-16-10-8-12/h3-10H,2,11H2,1H3. The quantitative estimate of drug-likeness (QED) is 0.754. The van der Waals surface area contributed by atoms with Crippen LogP contribution in [0.1, 0.15) is 29.3 Å². The highest BCUT2D eigenvalue weighted by Crippen LogP contribution is 2.20. The van der Waals surface area contributed by atoms with E-state index in [4.69, 9.17) is 4.74 Å². The monoisotopic (exact) mass is 241 g/mol. The summed E-state index contributed by atoms with van der Waals surface area (Å²) >= 11 is 0. The van der Waals surface area contributed by atoms with Crippen LogP contribution in [0.25, 0.3) is 0 Å². The van der Waals surface area contributed by atoms with Crippen LogP contribution in [0.3, 0.4) is 0 Å². The Labute approximate surface area is 106 Å². The second kappa shape index (κ2) is 5.96. The fraction of sp³-hybridized carbons (Fsp3) is 0.200. The summed E-state index contributed by atoms with van der Waals surface area (Å²) in [6.45, 7) is 2.29. The second-order valence-electron chi connectivity index (χ2n) is 3.92. The normalized spacial score (nSPS) is 10.1. The number of aromatic nitrogens is 1. The number of pyridine rings is 1. The summed E-state index contributed by atoms with van der Waals surface area (Å²) in [6, 6.07) is 11.1. The van der Waals surface area contributed by atoms with E-state index in [0.717, 1.165) is 5.56 Å². The SMILES string of the molecule is CCC(=O)c1ccccc1OCc1ccncc1. The predicted octanol–water partition coefficient (Wildman–Crippen LogP) is 3.25. The van der Waals surface area contributed by atoms with Crippen LogP contribution in [0.2, 0.25) is 0 Å². The third kappa shape index (κ3) is 2.94. The Kier molecular flexibility index (Phi) is 4.07. The first-order valence-corrected chi connectivity index (χ1v) is 5.95. The molecule has 92 valence electrons. The van der Waals surface area contributed by atoms with Gasteiger partial charge in [-0.2, -0.15) is 0 Å². The molecule has 2 aromatic rings. The number of nitrogens with zero attached hydrogens (tertiary/aromatic N) is 1. The van der Waals surface area contributed by atoms with Crippen molar-refractivity contribution in [3.05, 3.63) is 59.9 Å². The van der Waals surface area contributed by atoms with Gasteiger partial charge >= 0.3 is 0 Å². The summed E-state index contributed by atoms with van der Waals surface area (Å²) in [4.78, 5) is 15.7. The predicted molar refractivity (Wildman–Crippen MR) is 69.6 cm³/mol. The van der Waals surface area contributed by atoms with Crippen LogP contribution in [0.5, 0.6) is 5.75 Å². The van der Waals surface area contributed by atoms with Crippen molar-refractivity contribution in [3.63, 3.8) is 0 Å². The van der Waals surface area contributed by atoms with Crippen LogP contribution in [0, 0.1) is 0 Å². The summed E-state index contributed by atoms with van der Waals surface area (Å²) in [5, 5.41) is 0. The smallest absolute Gasteiger partial charge is 0.166 e. The molecule has 0 atom stereocenters. The number of Topliss-reactive ketones (excluding diaryl/α,β-unsaturated/α-hetero) is 1. The van der Waals surface area contributed by atoms with Crippen LogP contribution in [0.15, 0.2) is 48.8 Å². The minimum atomic E-state index is 0.0975. The molecule has 0 aliphatic carbocycles. The number of rotatable bonds is 5. The van der Waals surface area contributed by atoms with Crippen molar-refractivity contribution in [2.24, 2.45) is 0 Å². The lowest BCUT2D eigenvalue weighted by Crippen LogP contribution is -2.03. The maximum atomic E-state index is 11.8. The zero-order valence-electron chi connectivity index (χ0n) is 10.3. The van der Waals surface area contributed by atoms with Gasteiger partial charge in [0.25, 0.3) is 0 Å². The Bertz CT molecular complexity index is 523. The molecule has 0 aliphatic rings. The van der Waals surface area contributed by atoms with Gasteiger partial charge in [0.2, 0.25) is 0 Å². The Balaban J connectivity index is 2.12. The zero-order chi connectivity index (χ0) is 12.8. The summed E-state index contributed by atoms with van der Waals surface area (Å²) < 4.78 is 5.70. The summed E-state index contributed by atoms with van der Waals surface area (Å²) in [7, 11) is 0. The second-order valence-corrected chi connectivity index (χ2v) is 3.92. The van der Waals surface area contributed by atoms with Crippen LogP contribution >= 0.6 is 0 Å². The van der Waals surface area contributed by atoms with Crippen LogP contribution < -0.4 is 4.74 Å². The molecule has 18 heavy (non-hydrogen) atoms. The molecule has 0 radical (unpaired) electrons. The Morgan fingerprint density at radius 3 is 2.61 bits per heavy atom. The fourth-order valence-corrected chi connectivity index (χ4v) is 1.65. The van der Waals surface area contributed by atoms with Crippen molar-refractivity contribution in [2.75, 3.05) is 0 Å². The van der Waals surface area contributed by atoms with Crippen molar-refractivity contribution >= 4 is 5.78 Å². The average molecular weight is 241 g/mol. The third-order valence-electron chi connectivity index (χ3n) is 2.65. The number of hydrogen-bond donors (Lipinski definition) is 0. The molecule has 0 fully saturated rings. The molecule has 0 spiro atoms. The number of ether oxygens (including phenoxy) is 1. The number of carbonyl (C=O) groups is 1. The lowest BCUT2D eigenvalue weighted by molar-refractivity contribution is 0.0983. The molecular formula is C15H15NO2. The first-order chi connectivity index (χ1) is 8.81. The van der Waals surface area contributed by atoms with E-state index in [1.807, 2.05) is 37.3 Å². The molecule has 0 saturated carbocycles. The van der Waals surface area contributed by atoms with Crippen LogP contribution in [0.4, 0.5) is 0 Å². The molecule has 1 aromatic carbocycles. The lowest BCUT2D eigenvalue weighted by atomic mass is 10.1. The highest BCUT2D eigenvalue weighted by Gasteiger charge is 2.09. The molecule has 0 amide bonds. The Hall–Kier alpha value is -2.16. The molecular weight excluding hydrogens is 226 g/mol. The largest absolute Gasteiger partial charge is 0.488 e. The number of para-hydroxylation sites is 1. The molecule has 2 rings (SSSR count). The van der Waals surface area contributed by atoms with Gasteiger partial charge in [-0.1, -0.05) is 19.1 Å². The molecule has 0 saturated heterocycles. The Morgan fingerprint density at radius 1 is 1.17 bits per heavy atom. The molecule has 3 nitrogen and oxygen atoms in total. The number of hydrogen-bond acceptors (Lipinski definition) is 3. The van der Waals surface area contributed by atoms with E-state index in [0.29, 0.717) is 24.3 Å². The highest BCUT2D eigenvalue weighted by molar-refractivity contribution is 5.98. The van der Waals surface area contributed by atoms with E-state index < -0.39 is 0 Å². The molecule has 0 aliphatic heterocycles. The van der Waals surface area contributed by atoms with E-state index in [1.54, 1.807) is 18.5 Å². The molecule has 0 unspecified atom stereocenters. The highest BCUT2D eigenvalue weighted by atomic mass is 16.5. The van der Waals surface area contributed by atoms with E-state index in [-0.39, 0.29) is 5.78 Å². The maximum absolute atomic E-state index is 11.8. The van der Waals surface area contributed by atoms with Gasteiger partial charge in [0, 0.05) is 18.8 Å². The number of carbonyl (C=O) groups excluding carboxylic acids is 1. The van der Waals surface area contributed by atoms with Crippen LogP contribution in [-0.2, 0) is 6.61 Å². The number of benzene rings is 1. The summed E-state index contributed by atoms with van der Waals surface area (Å²) in [5.41, 5.74) is 1.68. The lowest BCUT2D eigenvalue weighted by Gasteiger charge is -2.10. The summed E-state index contributed by atoms with van der Waals surface area (Å²) in [5.74, 6) is 0.737.